The zero-order chi connectivity index (χ0) is 13.7. The van der Waals surface area contributed by atoms with Crippen molar-refractivity contribution in [3.05, 3.63) is 52.6 Å². The molecule has 0 unspecified atom stereocenters. The van der Waals surface area contributed by atoms with Gasteiger partial charge in [-0.15, -0.1) is 0 Å². The summed E-state index contributed by atoms with van der Waals surface area (Å²) in [7, 11) is 0. The number of fused-ring (bicyclic) bond motifs is 2. The summed E-state index contributed by atoms with van der Waals surface area (Å²) in [6.45, 7) is 5.67. The average molecular weight is 303 g/mol. The summed E-state index contributed by atoms with van der Waals surface area (Å²) in [6.07, 6.45) is 3.55. The Hall–Kier alpha value is -1.65. The summed E-state index contributed by atoms with van der Waals surface area (Å²) in [6, 6.07) is 5.99. The number of thioether (sulfide) groups is 1. The number of allylic oxidation sites excluding steroid dienone is 1. The predicted octanol–water partition coefficient (Wildman–Crippen LogP) is 4.36. The predicted molar refractivity (Wildman–Crippen MR) is 84.9 cm³/mol. The van der Waals surface area contributed by atoms with Gasteiger partial charge in [0, 0.05) is 22.4 Å². The van der Waals surface area contributed by atoms with Crippen molar-refractivity contribution < 1.29 is 4.42 Å². The summed E-state index contributed by atoms with van der Waals surface area (Å²) in [4.78, 5) is 7.87. The van der Waals surface area contributed by atoms with E-state index >= 15 is 0 Å². The molecule has 0 atom stereocenters. The number of furan rings is 1. The van der Waals surface area contributed by atoms with Gasteiger partial charge < -0.3 is 9.32 Å². The second-order valence-electron chi connectivity index (χ2n) is 4.63. The van der Waals surface area contributed by atoms with E-state index in [0.717, 1.165) is 45.4 Å². The summed E-state index contributed by atoms with van der Waals surface area (Å²) in [5.74, 6) is 0. The van der Waals surface area contributed by atoms with Gasteiger partial charge in [-0.1, -0.05) is 24.3 Å². The van der Waals surface area contributed by atoms with E-state index < -0.39 is 0 Å². The van der Waals surface area contributed by atoms with Crippen LogP contribution in [0.4, 0.5) is 0 Å². The molecular formula is C15H11ClN2OS. The second-order valence-corrected chi connectivity index (χ2v) is 6.05. The average Bonchev–Trinajstić information content (AvgIpc) is 3.12. The van der Waals surface area contributed by atoms with Crippen LogP contribution in [0, 0.1) is 0 Å². The highest BCUT2D eigenvalue weighted by atomic mass is 35.5. The van der Waals surface area contributed by atoms with Gasteiger partial charge in [-0.05, 0) is 30.0 Å². The molecule has 2 aliphatic rings. The molecule has 3 nitrogen and oxygen atoms in total. The Kier molecular flexibility index (Phi) is 2.69. The molecular weight excluding hydrogens is 292 g/mol. The maximum Gasteiger partial charge on any atom is 0.168 e. The Balaban J connectivity index is 1.92. The third-order valence-electron chi connectivity index (χ3n) is 3.47. The lowest BCUT2D eigenvalue weighted by atomic mass is 10.1. The van der Waals surface area contributed by atoms with Gasteiger partial charge in [-0.25, -0.2) is 0 Å². The van der Waals surface area contributed by atoms with Crippen molar-refractivity contribution in [2.45, 2.75) is 0 Å². The zero-order valence-electron chi connectivity index (χ0n) is 10.6. The molecule has 2 aromatic rings. The summed E-state index contributed by atoms with van der Waals surface area (Å²) in [5, 5.41) is 2.70. The summed E-state index contributed by atoms with van der Waals surface area (Å²) >= 11 is 7.99. The van der Waals surface area contributed by atoms with Crippen molar-refractivity contribution in [2.75, 3.05) is 13.1 Å². The minimum Gasteiger partial charge on any atom is -0.463 e. The molecule has 0 aliphatic carbocycles. The first-order valence-corrected chi connectivity index (χ1v) is 7.51. The first kappa shape index (κ1) is 12.1. The number of hydrogen-bond acceptors (Lipinski definition) is 4. The van der Waals surface area contributed by atoms with Crippen molar-refractivity contribution in [3.63, 3.8) is 0 Å². The van der Waals surface area contributed by atoms with E-state index in [1.54, 1.807) is 18.0 Å². The molecule has 0 saturated heterocycles. The van der Waals surface area contributed by atoms with Crippen LogP contribution in [-0.2, 0) is 0 Å². The van der Waals surface area contributed by atoms with Gasteiger partial charge in [0.15, 0.2) is 10.8 Å². The molecule has 100 valence electrons. The third-order valence-corrected chi connectivity index (χ3v) is 4.86. The molecule has 0 amide bonds. The molecule has 1 aromatic carbocycles. The lowest BCUT2D eigenvalue weighted by Crippen LogP contribution is -2.19. The minimum atomic E-state index is 0.632. The molecule has 4 rings (SSSR count). The van der Waals surface area contributed by atoms with Crippen LogP contribution in [0.3, 0.4) is 0 Å². The molecule has 0 bridgehead atoms. The van der Waals surface area contributed by atoms with Crippen molar-refractivity contribution in [3.8, 4) is 0 Å². The lowest BCUT2D eigenvalue weighted by Gasteiger charge is -2.17. The number of hydrogen-bond donors (Lipinski definition) is 0. The van der Waals surface area contributed by atoms with E-state index in [2.05, 4.69) is 22.5 Å². The molecule has 0 radical (unpaired) electrons. The van der Waals surface area contributed by atoms with Gasteiger partial charge in [0.05, 0.1) is 23.5 Å². The standard InChI is InChI=1S/C15H11ClN2OS/c1-2-12-13(18-5-4-17-15(18)20-12)10-7-9-3-6-19-14(9)11(16)8-10/h2-3,6-8H,1,4-5H2. The van der Waals surface area contributed by atoms with Crippen LogP contribution in [-0.4, -0.2) is 23.2 Å². The second kappa shape index (κ2) is 4.43. The maximum absolute atomic E-state index is 6.32. The van der Waals surface area contributed by atoms with Crippen LogP contribution in [0.5, 0.6) is 0 Å². The fourth-order valence-electron chi connectivity index (χ4n) is 2.61. The molecule has 2 aliphatic heterocycles. The smallest absolute Gasteiger partial charge is 0.168 e. The Morgan fingerprint density at radius 2 is 2.35 bits per heavy atom. The van der Waals surface area contributed by atoms with Gasteiger partial charge in [0.25, 0.3) is 0 Å². The lowest BCUT2D eigenvalue weighted by molar-refractivity contribution is 0.616. The molecule has 0 fully saturated rings. The van der Waals surface area contributed by atoms with Crippen molar-refractivity contribution in [1.29, 1.82) is 0 Å². The van der Waals surface area contributed by atoms with Crippen LogP contribution in [0.25, 0.3) is 16.7 Å². The Bertz CT molecular complexity index is 790. The van der Waals surface area contributed by atoms with Crippen LogP contribution in [0.2, 0.25) is 5.02 Å². The zero-order valence-corrected chi connectivity index (χ0v) is 12.2. The highest BCUT2D eigenvalue weighted by molar-refractivity contribution is 8.17. The van der Waals surface area contributed by atoms with E-state index in [4.69, 9.17) is 16.0 Å². The van der Waals surface area contributed by atoms with Crippen molar-refractivity contribution >= 4 is 45.2 Å². The van der Waals surface area contributed by atoms with Gasteiger partial charge >= 0.3 is 0 Å². The number of amidine groups is 1. The topological polar surface area (TPSA) is 28.7 Å². The molecule has 20 heavy (non-hydrogen) atoms. The quantitative estimate of drug-likeness (QED) is 0.825. The maximum atomic E-state index is 6.32. The van der Waals surface area contributed by atoms with Crippen molar-refractivity contribution in [1.82, 2.24) is 4.90 Å². The Labute approximate surface area is 125 Å². The molecule has 5 heteroatoms. The Morgan fingerprint density at radius 3 is 3.20 bits per heavy atom. The first-order chi connectivity index (χ1) is 9.78. The van der Waals surface area contributed by atoms with Crippen LogP contribution < -0.4 is 0 Å². The van der Waals surface area contributed by atoms with E-state index in [-0.39, 0.29) is 0 Å². The van der Waals surface area contributed by atoms with Gasteiger partial charge in [0.2, 0.25) is 0 Å². The summed E-state index contributed by atoms with van der Waals surface area (Å²) in [5.41, 5.74) is 2.96. The third kappa shape index (κ3) is 1.65. The molecule has 3 heterocycles. The van der Waals surface area contributed by atoms with E-state index in [0.29, 0.717) is 5.02 Å². The fourth-order valence-corrected chi connectivity index (χ4v) is 3.94. The van der Waals surface area contributed by atoms with E-state index in [9.17, 15) is 0 Å². The first-order valence-electron chi connectivity index (χ1n) is 6.31. The number of rotatable bonds is 2. The molecule has 0 spiro atoms. The fraction of sp³-hybridized carbons (Fsp3) is 0.133. The largest absolute Gasteiger partial charge is 0.463 e. The SMILES string of the molecule is C=CC1=C(c2cc(Cl)c3occc3c2)N2CCN=C2S1. The molecule has 1 aromatic heterocycles. The summed E-state index contributed by atoms with van der Waals surface area (Å²) < 4.78 is 5.40. The van der Waals surface area contributed by atoms with Crippen LogP contribution in [0.15, 0.2) is 51.4 Å². The number of aliphatic imine (C=N–C) groups is 1. The monoisotopic (exact) mass is 302 g/mol. The van der Waals surface area contributed by atoms with Crippen LogP contribution in [0.1, 0.15) is 5.56 Å². The number of nitrogens with zero attached hydrogens (tertiary/aromatic N) is 2. The molecule has 0 N–H and O–H groups in total. The van der Waals surface area contributed by atoms with E-state index in [1.807, 2.05) is 18.2 Å². The molecule has 0 saturated carbocycles. The minimum absolute atomic E-state index is 0.632. The van der Waals surface area contributed by atoms with Gasteiger partial charge in [-0.2, -0.15) is 0 Å². The van der Waals surface area contributed by atoms with E-state index in [1.165, 1.54) is 0 Å². The highest BCUT2D eigenvalue weighted by Gasteiger charge is 2.32. The highest BCUT2D eigenvalue weighted by Crippen LogP contribution is 2.43. The van der Waals surface area contributed by atoms with Gasteiger partial charge in [-0.3, -0.25) is 4.99 Å². The van der Waals surface area contributed by atoms with Crippen molar-refractivity contribution in [2.24, 2.45) is 4.99 Å². The Morgan fingerprint density at radius 1 is 1.45 bits per heavy atom. The number of benzene rings is 1. The van der Waals surface area contributed by atoms with Crippen LogP contribution >= 0.6 is 23.4 Å². The number of halogens is 1. The van der Waals surface area contributed by atoms with Gasteiger partial charge in [0.1, 0.15) is 0 Å². The normalized spacial score (nSPS) is 17.9.